The molecule has 0 unspecified atom stereocenters. The van der Waals surface area contributed by atoms with Gasteiger partial charge in [-0.25, -0.2) is 0 Å². The summed E-state index contributed by atoms with van der Waals surface area (Å²) in [7, 11) is 0. The number of benzene rings is 1. The van der Waals surface area contributed by atoms with Crippen molar-refractivity contribution in [1.29, 1.82) is 0 Å². The molecule has 6 heteroatoms. The lowest BCUT2D eigenvalue weighted by Crippen LogP contribution is -2.23. The number of halogens is 1. The molecular weight excluding hydrogens is 264 g/mol. The zero-order valence-corrected chi connectivity index (χ0v) is 11.1. The molecule has 1 heterocycles. The van der Waals surface area contributed by atoms with Crippen molar-refractivity contribution in [2.24, 2.45) is 0 Å². The number of rotatable bonds is 3. The summed E-state index contributed by atoms with van der Waals surface area (Å²) in [5.74, 6) is -0.271. The molecule has 19 heavy (non-hydrogen) atoms. The topological polar surface area (TPSA) is 80.9 Å². The molecular formula is C13H13ClN4O. The lowest BCUT2D eigenvalue weighted by Gasteiger charge is -2.07. The molecule has 0 saturated heterocycles. The van der Waals surface area contributed by atoms with E-state index in [-0.39, 0.29) is 5.91 Å². The minimum atomic E-state index is -0.271. The molecule has 0 aliphatic carbocycles. The first-order valence-corrected chi connectivity index (χ1v) is 6.05. The minimum Gasteiger partial charge on any atom is -0.399 e. The fraction of sp³-hybridized carbons (Fsp3) is 0.154. The van der Waals surface area contributed by atoms with Crippen LogP contribution in [-0.2, 0) is 6.54 Å². The summed E-state index contributed by atoms with van der Waals surface area (Å²) >= 11 is 5.96. The molecule has 5 nitrogen and oxygen atoms in total. The van der Waals surface area contributed by atoms with Crippen molar-refractivity contribution in [1.82, 2.24) is 15.3 Å². The lowest BCUT2D eigenvalue weighted by atomic mass is 10.2. The van der Waals surface area contributed by atoms with Crippen molar-refractivity contribution in [3.8, 4) is 0 Å². The molecule has 1 amide bonds. The number of nitrogen functional groups attached to an aromatic ring is 1. The van der Waals surface area contributed by atoms with Gasteiger partial charge >= 0.3 is 0 Å². The van der Waals surface area contributed by atoms with Gasteiger partial charge in [0.2, 0.25) is 0 Å². The summed E-state index contributed by atoms with van der Waals surface area (Å²) in [5.41, 5.74) is 7.99. The third-order valence-electron chi connectivity index (χ3n) is 2.50. The molecule has 0 fully saturated rings. The number of nitrogens with one attached hydrogen (secondary N) is 1. The first-order chi connectivity index (χ1) is 9.06. The maximum Gasteiger partial charge on any atom is 0.253 e. The van der Waals surface area contributed by atoms with Crippen molar-refractivity contribution in [3.63, 3.8) is 0 Å². The van der Waals surface area contributed by atoms with Gasteiger partial charge in [-0.15, -0.1) is 0 Å². The highest BCUT2D eigenvalue weighted by atomic mass is 35.5. The number of aromatic nitrogens is 2. The van der Waals surface area contributed by atoms with E-state index in [1.807, 2.05) is 6.92 Å². The van der Waals surface area contributed by atoms with Crippen LogP contribution in [0.2, 0.25) is 5.02 Å². The van der Waals surface area contributed by atoms with E-state index in [0.717, 1.165) is 5.69 Å². The number of carbonyl (C=O) groups is 1. The molecule has 2 aromatic rings. The third kappa shape index (κ3) is 3.42. The van der Waals surface area contributed by atoms with Gasteiger partial charge in [-0.1, -0.05) is 11.6 Å². The van der Waals surface area contributed by atoms with Crippen molar-refractivity contribution in [3.05, 3.63) is 52.6 Å². The highest BCUT2D eigenvalue weighted by Crippen LogP contribution is 2.18. The standard InChI is InChI=1S/C13H13ClN4O/c1-8-5-17-10(6-16-8)7-18-13(19)11-3-2-9(15)4-12(11)14/h2-6H,7,15H2,1H3,(H,18,19). The Bertz CT molecular complexity index is 598. The number of nitrogens with zero attached hydrogens (tertiary/aromatic N) is 2. The number of hydrogen-bond acceptors (Lipinski definition) is 4. The van der Waals surface area contributed by atoms with Gasteiger partial charge in [0.25, 0.3) is 5.91 Å². The van der Waals surface area contributed by atoms with Gasteiger partial charge in [-0.2, -0.15) is 0 Å². The Morgan fingerprint density at radius 2 is 2.16 bits per heavy atom. The van der Waals surface area contributed by atoms with E-state index in [1.165, 1.54) is 0 Å². The maximum atomic E-state index is 11.9. The number of nitrogens with two attached hydrogens (primary N) is 1. The van der Waals surface area contributed by atoms with E-state index in [1.54, 1.807) is 30.6 Å². The van der Waals surface area contributed by atoms with Gasteiger partial charge < -0.3 is 11.1 Å². The molecule has 0 saturated carbocycles. The monoisotopic (exact) mass is 276 g/mol. The van der Waals surface area contributed by atoms with Crippen molar-refractivity contribution in [2.75, 3.05) is 5.73 Å². The van der Waals surface area contributed by atoms with Crippen LogP contribution in [0.25, 0.3) is 0 Å². The first-order valence-electron chi connectivity index (χ1n) is 5.67. The van der Waals surface area contributed by atoms with Crippen molar-refractivity contribution < 1.29 is 4.79 Å². The van der Waals surface area contributed by atoms with Crippen molar-refractivity contribution in [2.45, 2.75) is 13.5 Å². The third-order valence-corrected chi connectivity index (χ3v) is 2.81. The second kappa shape index (κ2) is 5.67. The molecule has 1 aromatic carbocycles. The Labute approximate surface area is 115 Å². The highest BCUT2D eigenvalue weighted by Gasteiger charge is 2.10. The van der Waals surface area contributed by atoms with Gasteiger partial charge in [-0.3, -0.25) is 14.8 Å². The molecule has 0 radical (unpaired) electrons. The van der Waals surface area contributed by atoms with Crippen LogP contribution in [0.3, 0.4) is 0 Å². The van der Waals surface area contributed by atoms with Crippen LogP contribution in [0.4, 0.5) is 5.69 Å². The van der Waals surface area contributed by atoms with Gasteiger partial charge in [-0.05, 0) is 25.1 Å². The molecule has 98 valence electrons. The second-order valence-corrected chi connectivity index (χ2v) is 4.48. The predicted molar refractivity (Wildman–Crippen MR) is 73.8 cm³/mol. The maximum absolute atomic E-state index is 11.9. The van der Waals surface area contributed by atoms with Crippen LogP contribution >= 0.6 is 11.6 Å². The van der Waals surface area contributed by atoms with Crippen LogP contribution < -0.4 is 11.1 Å². The number of amides is 1. The van der Waals surface area contributed by atoms with Gasteiger partial charge in [0, 0.05) is 11.9 Å². The average Bonchev–Trinajstić information content (AvgIpc) is 2.37. The van der Waals surface area contributed by atoms with Gasteiger partial charge in [0.05, 0.1) is 34.7 Å². The Morgan fingerprint density at radius 3 is 2.79 bits per heavy atom. The van der Waals surface area contributed by atoms with Crippen LogP contribution in [-0.4, -0.2) is 15.9 Å². The molecule has 1 aromatic heterocycles. The first kappa shape index (κ1) is 13.3. The quantitative estimate of drug-likeness (QED) is 0.840. The Balaban J connectivity index is 2.03. The lowest BCUT2D eigenvalue weighted by molar-refractivity contribution is 0.0950. The van der Waals surface area contributed by atoms with Crippen LogP contribution in [0.15, 0.2) is 30.6 Å². The molecule has 0 aliphatic heterocycles. The minimum absolute atomic E-state index is 0.271. The molecule has 2 rings (SSSR count). The number of hydrogen-bond donors (Lipinski definition) is 2. The Kier molecular flexibility index (Phi) is 3.97. The zero-order valence-electron chi connectivity index (χ0n) is 10.4. The SMILES string of the molecule is Cc1cnc(CNC(=O)c2ccc(N)cc2Cl)cn1. The number of aryl methyl sites for hydroxylation is 1. The van der Waals surface area contributed by atoms with Crippen LogP contribution in [0, 0.1) is 6.92 Å². The summed E-state index contributed by atoms with van der Waals surface area (Å²) in [4.78, 5) is 20.2. The van der Waals surface area contributed by atoms with Gasteiger partial charge in [0.1, 0.15) is 0 Å². The summed E-state index contributed by atoms with van der Waals surface area (Å²) < 4.78 is 0. The van der Waals surface area contributed by atoms with Crippen molar-refractivity contribution >= 4 is 23.2 Å². The Morgan fingerprint density at radius 1 is 1.37 bits per heavy atom. The normalized spacial score (nSPS) is 10.2. The fourth-order valence-electron chi connectivity index (χ4n) is 1.49. The number of anilines is 1. The summed E-state index contributed by atoms with van der Waals surface area (Å²) in [5, 5.41) is 3.05. The van der Waals surface area contributed by atoms with E-state index < -0.39 is 0 Å². The highest BCUT2D eigenvalue weighted by molar-refractivity contribution is 6.34. The summed E-state index contributed by atoms with van der Waals surface area (Å²) in [6, 6.07) is 4.77. The average molecular weight is 277 g/mol. The van der Waals surface area contributed by atoms with Crippen LogP contribution in [0.5, 0.6) is 0 Å². The zero-order chi connectivity index (χ0) is 13.8. The summed E-state index contributed by atoms with van der Waals surface area (Å²) in [6.45, 7) is 2.15. The smallest absolute Gasteiger partial charge is 0.253 e. The molecule has 0 spiro atoms. The fourth-order valence-corrected chi connectivity index (χ4v) is 1.77. The summed E-state index contributed by atoms with van der Waals surface area (Å²) in [6.07, 6.45) is 3.28. The number of carbonyl (C=O) groups excluding carboxylic acids is 1. The largest absolute Gasteiger partial charge is 0.399 e. The molecule has 0 bridgehead atoms. The van der Waals surface area contributed by atoms with E-state index >= 15 is 0 Å². The van der Waals surface area contributed by atoms with E-state index in [4.69, 9.17) is 17.3 Å². The second-order valence-electron chi connectivity index (χ2n) is 4.07. The van der Waals surface area contributed by atoms with E-state index in [9.17, 15) is 4.79 Å². The Hall–Kier alpha value is -2.14. The van der Waals surface area contributed by atoms with E-state index in [2.05, 4.69) is 15.3 Å². The van der Waals surface area contributed by atoms with Gasteiger partial charge in [0.15, 0.2) is 0 Å². The predicted octanol–water partition coefficient (Wildman–Crippen LogP) is 1.95. The molecule has 0 aliphatic rings. The molecule has 0 atom stereocenters. The molecule has 3 N–H and O–H groups in total. The van der Waals surface area contributed by atoms with Crippen LogP contribution in [0.1, 0.15) is 21.7 Å². The van der Waals surface area contributed by atoms with E-state index in [0.29, 0.717) is 28.5 Å².